The molecule has 2 aromatic carbocycles. The van der Waals surface area contributed by atoms with E-state index in [-0.39, 0.29) is 0 Å². The van der Waals surface area contributed by atoms with Crippen molar-refractivity contribution in [2.45, 2.75) is 38.0 Å². The summed E-state index contributed by atoms with van der Waals surface area (Å²) in [6, 6.07) is 11.9. The number of aromatic hydroxyl groups is 1. The van der Waals surface area contributed by atoms with E-state index in [4.69, 9.17) is 4.74 Å². The zero-order chi connectivity index (χ0) is 18.9. The van der Waals surface area contributed by atoms with Gasteiger partial charge in [-0.25, -0.2) is 0 Å². The summed E-state index contributed by atoms with van der Waals surface area (Å²) in [4.78, 5) is 10.4. The van der Waals surface area contributed by atoms with Crippen LogP contribution in [-0.2, 0) is 6.42 Å². The van der Waals surface area contributed by atoms with Crippen molar-refractivity contribution < 1.29 is 19.9 Å². The second kappa shape index (κ2) is 6.93. The van der Waals surface area contributed by atoms with Gasteiger partial charge in [-0.05, 0) is 38.4 Å². The van der Waals surface area contributed by atoms with Gasteiger partial charge in [-0.15, -0.1) is 0 Å². The minimum atomic E-state index is -0.928. The third-order valence-electron chi connectivity index (χ3n) is 4.66. The lowest BCUT2D eigenvalue weighted by Crippen LogP contribution is -2.52. The molecule has 0 saturated heterocycles. The smallest absolute Gasteiger partial charge is 0.314 e. The number of fused-ring (bicyclic) bond motifs is 1. The molecule has 3 N–H and O–H groups in total. The number of nitro groups is 1. The van der Waals surface area contributed by atoms with Gasteiger partial charge < -0.3 is 20.3 Å². The minimum absolute atomic E-state index is 0.294. The topological polar surface area (TPSA) is 105 Å². The van der Waals surface area contributed by atoms with Crippen molar-refractivity contribution in [2.24, 2.45) is 0 Å². The van der Waals surface area contributed by atoms with Crippen molar-refractivity contribution in [3.63, 3.8) is 0 Å². The maximum Gasteiger partial charge on any atom is 0.314 e. The molecule has 0 fully saturated rings. The number of nitrogens with one attached hydrogen (secondary N) is 1. The monoisotopic (exact) mass is 358 g/mol. The minimum Gasteiger partial charge on any atom is -0.502 e. The molecule has 1 aliphatic heterocycles. The predicted molar refractivity (Wildman–Crippen MR) is 96.4 cm³/mol. The van der Waals surface area contributed by atoms with Crippen LogP contribution < -0.4 is 10.1 Å². The second-order valence-corrected chi connectivity index (χ2v) is 6.95. The van der Waals surface area contributed by atoms with E-state index in [2.05, 4.69) is 5.32 Å². The fourth-order valence-corrected chi connectivity index (χ4v) is 3.20. The highest BCUT2D eigenvalue weighted by atomic mass is 16.6. The van der Waals surface area contributed by atoms with Gasteiger partial charge in [0.05, 0.1) is 17.0 Å². The zero-order valence-electron chi connectivity index (χ0n) is 14.7. The molecule has 1 heterocycles. The first-order valence-corrected chi connectivity index (χ1v) is 8.45. The van der Waals surface area contributed by atoms with Gasteiger partial charge in [0.15, 0.2) is 5.75 Å². The Morgan fingerprint density at radius 3 is 2.62 bits per heavy atom. The Bertz CT molecular complexity index is 807. The molecule has 0 aromatic heterocycles. The van der Waals surface area contributed by atoms with Gasteiger partial charge in [0.2, 0.25) is 0 Å². The Labute approximate surface area is 151 Å². The van der Waals surface area contributed by atoms with Gasteiger partial charge in [-0.2, -0.15) is 0 Å². The van der Waals surface area contributed by atoms with Crippen LogP contribution in [0.25, 0.3) is 0 Å². The van der Waals surface area contributed by atoms with Crippen molar-refractivity contribution in [3.8, 4) is 11.5 Å². The summed E-state index contributed by atoms with van der Waals surface area (Å²) < 4.78 is 5.77. The summed E-state index contributed by atoms with van der Waals surface area (Å²) in [5.41, 5.74) is 0.321. The van der Waals surface area contributed by atoms with Crippen molar-refractivity contribution >= 4 is 5.69 Å². The Balaban J connectivity index is 1.87. The summed E-state index contributed by atoms with van der Waals surface area (Å²) in [5.74, 6) is -0.152. The molecule has 138 valence electrons. The third kappa shape index (κ3) is 3.49. The molecule has 7 heteroatoms. The quantitative estimate of drug-likeness (QED) is 0.561. The van der Waals surface area contributed by atoms with E-state index in [0.29, 0.717) is 17.9 Å². The van der Waals surface area contributed by atoms with E-state index in [9.17, 15) is 20.3 Å². The van der Waals surface area contributed by atoms with E-state index in [1.807, 2.05) is 30.3 Å². The van der Waals surface area contributed by atoms with Crippen molar-refractivity contribution in [1.82, 2.24) is 5.32 Å². The van der Waals surface area contributed by atoms with Gasteiger partial charge in [-0.1, -0.05) is 30.3 Å². The summed E-state index contributed by atoms with van der Waals surface area (Å²) in [6.07, 6.45) is -0.119. The number of phenols is 1. The van der Waals surface area contributed by atoms with Gasteiger partial charge >= 0.3 is 5.69 Å². The highest BCUT2D eigenvalue weighted by Crippen LogP contribution is 2.44. The molecular weight excluding hydrogens is 336 g/mol. The van der Waals surface area contributed by atoms with Gasteiger partial charge in [0, 0.05) is 5.56 Å². The molecule has 2 aromatic rings. The van der Waals surface area contributed by atoms with E-state index in [1.54, 1.807) is 13.8 Å². The molecule has 0 amide bonds. The standard InChI is InChI=1S/C19H22N2O5/c1-19(2)18(23)17(20-9-8-12-6-4-3-5-7-12)13-10-15(22)14(21(24)25)11-16(13)26-19/h3-7,10-11,17-18,20,22-23H,8-9H2,1-2H3. The predicted octanol–water partition coefficient (Wildman–Crippen LogP) is 2.71. The molecule has 0 spiro atoms. The van der Waals surface area contributed by atoms with E-state index >= 15 is 0 Å². The summed E-state index contributed by atoms with van der Waals surface area (Å²) >= 11 is 0. The molecule has 0 aliphatic carbocycles. The number of nitrogens with zero attached hydrogens (tertiary/aromatic N) is 1. The molecule has 0 bridgehead atoms. The number of benzene rings is 2. The van der Waals surface area contributed by atoms with Crippen LogP contribution in [-0.4, -0.2) is 33.4 Å². The first-order chi connectivity index (χ1) is 12.3. The number of ether oxygens (including phenoxy) is 1. The van der Waals surface area contributed by atoms with Crippen LogP contribution in [0.1, 0.15) is 31.0 Å². The molecule has 2 atom stereocenters. The van der Waals surface area contributed by atoms with Crippen LogP contribution in [0, 0.1) is 10.1 Å². The maximum absolute atomic E-state index is 11.1. The second-order valence-electron chi connectivity index (χ2n) is 6.95. The Morgan fingerprint density at radius 1 is 1.27 bits per heavy atom. The van der Waals surface area contributed by atoms with Crippen molar-refractivity contribution in [3.05, 3.63) is 63.7 Å². The SMILES string of the molecule is CC1(C)Oc2cc([N+](=O)[O-])c(O)cc2C(NCCc2ccccc2)C1O. The van der Waals surface area contributed by atoms with Crippen LogP contribution >= 0.6 is 0 Å². The number of rotatable bonds is 5. The van der Waals surface area contributed by atoms with E-state index in [0.717, 1.165) is 12.0 Å². The Hall–Kier alpha value is -2.64. The summed E-state index contributed by atoms with van der Waals surface area (Å²) in [7, 11) is 0. The zero-order valence-corrected chi connectivity index (χ0v) is 14.7. The Morgan fingerprint density at radius 2 is 1.96 bits per heavy atom. The van der Waals surface area contributed by atoms with E-state index < -0.39 is 34.1 Å². The maximum atomic E-state index is 11.1. The van der Waals surface area contributed by atoms with Crippen molar-refractivity contribution in [1.29, 1.82) is 0 Å². The van der Waals surface area contributed by atoms with Gasteiger partial charge in [0.25, 0.3) is 0 Å². The average molecular weight is 358 g/mol. The molecule has 26 heavy (non-hydrogen) atoms. The van der Waals surface area contributed by atoms with Gasteiger partial charge in [0.1, 0.15) is 17.5 Å². The van der Waals surface area contributed by atoms with Crippen LogP contribution in [0.4, 0.5) is 5.69 Å². The number of nitro benzene ring substituents is 1. The first-order valence-electron chi connectivity index (χ1n) is 8.45. The summed E-state index contributed by atoms with van der Waals surface area (Å²) in [5, 5.41) is 35.0. The van der Waals surface area contributed by atoms with Crippen LogP contribution in [0.15, 0.2) is 42.5 Å². The Kier molecular flexibility index (Phi) is 4.84. The normalized spacial score (nSPS) is 20.9. The third-order valence-corrected chi connectivity index (χ3v) is 4.66. The van der Waals surface area contributed by atoms with Crippen molar-refractivity contribution in [2.75, 3.05) is 6.54 Å². The lowest BCUT2D eigenvalue weighted by Gasteiger charge is -2.42. The summed E-state index contributed by atoms with van der Waals surface area (Å²) in [6.45, 7) is 4.05. The molecular formula is C19H22N2O5. The number of phenolic OH excluding ortho intramolecular Hbond substituents is 1. The molecule has 0 saturated carbocycles. The lowest BCUT2D eigenvalue weighted by molar-refractivity contribution is -0.386. The van der Waals surface area contributed by atoms with Crippen LogP contribution in [0.2, 0.25) is 0 Å². The molecule has 1 aliphatic rings. The molecule has 0 radical (unpaired) electrons. The highest BCUT2D eigenvalue weighted by Gasteiger charge is 2.43. The first kappa shape index (κ1) is 18.2. The van der Waals surface area contributed by atoms with Gasteiger partial charge in [-0.3, -0.25) is 10.1 Å². The van der Waals surface area contributed by atoms with E-state index in [1.165, 1.54) is 12.1 Å². The number of aliphatic hydroxyl groups is 1. The number of aliphatic hydroxyl groups excluding tert-OH is 1. The lowest BCUT2D eigenvalue weighted by atomic mass is 9.86. The highest BCUT2D eigenvalue weighted by molar-refractivity contribution is 5.56. The molecule has 7 nitrogen and oxygen atoms in total. The number of hydrogen-bond donors (Lipinski definition) is 3. The van der Waals surface area contributed by atoms with Crippen LogP contribution in [0.5, 0.6) is 11.5 Å². The fourth-order valence-electron chi connectivity index (χ4n) is 3.20. The largest absolute Gasteiger partial charge is 0.502 e. The molecule has 2 unspecified atom stereocenters. The molecule has 3 rings (SSSR count). The van der Waals surface area contributed by atoms with Crippen LogP contribution in [0.3, 0.4) is 0 Å². The number of hydrogen-bond acceptors (Lipinski definition) is 6. The average Bonchev–Trinajstić information content (AvgIpc) is 2.59. The fraction of sp³-hybridized carbons (Fsp3) is 0.368.